The number of nitrogens with zero attached hydrogens (tertiary/aromatic N) is 1. The van der Waals surface area contributed by atoms with E-state index < -0.39 is 12.8 Å². The van der Waals surface area contributed by atoms with Crippen LogP contribution in [0.2, 0.25) is 0 Å². The summed E-state index contributed by atoms with van der Waals surface area (Å²) in [6.45, 7) is 0.884. The van der Waals surface area contributed by atoms with E-state index in [1.807, 2.05) is 0 Å². The van der Waals surface area contributed by atoms with E-state index in [1.165, 1.54) is 25.1 Å². The van der Waals surface area contributed by atoms with E-state index in [1.54, 1.807) is 6.07 Å². The molecule has 0 saturated heterocycles. The van der Waals surface area contributed by atoms with Gasteiger partial charge >= 0.3 is 6.18 Å². The first kappa shape index (κ1) is 14.9. The average molecular weight is 288 g/mol. The number of hydrogen-bond acceptors (Lipinski definition) is 3. The van der Waals surface area contributed by atoms with Crippen LogP contribution < -0.4 is 10.1 Å². The fourth-order valence-electron chi connectivity index (χ4n) is 2.52. The minimum atomic E-state index is -4.34. The maximum Gasteiger partial charge on any atom is 0.422 e. The van der Waals surface area contributed by atoms with Crippen molar-refractivity contribution in [3.63, 3.8) is 0 Å². The van der Waals surface area contributed by atoms with E-state index in [-0.39, 0.29) is 5.88 Å². The lowest BCUT2D eigenvalue weighted by atomic mass is 10.1. The van der Waals surface area contributed by atoms with Crippen molar-refractivity contribution in [2.45, 2.75) is 44.8 Å². The predicted octanol–water partition coefficient (Wildman–Crippen LogP) is 4.01. The molecule has 112 valence electrons. The van der Waals surface area contributed by atoms with E-state index in [9.17, 15) is 13.2 Å². The van der Waals surface area contributed by atoms with Crippen LogP contribution in [0.4, 0.5) is 18.9 Å². The molecule has 0 bridgehead atoms. The average Bonchev–Trinajstić information content (AvgIpc) is 2.85. The number of halogens is 3. The number of aromatic nitrogens is 1. The molecule has 0 radical (unpaired) electrons. The Labute approximate surface area is 116 Å². The van der Waals surface area contributed by atoms with Gasteiger partial charge in [0.2, 0.25) is 5.88 Å². The molecule has 0 amide bonds. The van der Waals surface area contributed by atoms with Crippen molar-refractivity contribution in [3.8, 4) is 5.88 Å². The Morgan fingerprint density at radius 3 is 2.70 bits per heavy atom. The summed E-state index contributed by atoms with van der Waals surface area (Å²) in [7, 11) is 0. The van der Waals surface area contributed by atoms with Crippen molar-refractivity contribution in [3.05, 3.63) is 18.3 Å². The maximum atomic E-state index is 12.0. The summed E-state index contributed by atoms with van der Waals surface area (Å²) in [5, 5.41) is 3.36. The summed E-state index contributed by atoms with van der Waals surface area (Å²) in [5.74, 6) is 0.764. The van der Waals surface area contributed by atoms with E-state index in [4.69, 9.17) is 0 Å². The first-order valence-corrected chi connectivity index (χ1v) is 6.88. The highest BCUT2D eigenvalue weighted by Gasteiger charge is 2.28. The van der Waals surface area contributed by atoms with Crippen LogP contribution in [-0.2, 0) is 0 Å². The van der Waals surface area contributed by atoms with E-state index in [0.29, 0.717) is 6.04 Å². The van der Waals surface area contributed by atoms with Crippen molar-refractivity contribution in [2.24, 2.45) is 5.92 Å². The molecule has 0 spiro atoms. The third-order valence-electron chi connectivity index (χ3n) is 3.61. The van der Waals surface area contributed by atoms with Crippen LogP contribution in [0.3, 0.4) is 0 Å². The van der Waals surface area contributed by atoms with Gasteiger partial charge in [0.25, 0.3) is 0 Å². The summed E-state index contributed by atoms with van der Waals surface area (Å²) in [6.07, 6.45) is 1.88. The summed E-state index contributed by atoms with van der Waals surface area (Å²) >= 11 is 0. The summed E-state index contributed by atoms with van der Waals surface area (Å²) in [4.78, 5) is 3.88. The monoisotopic (exact) mass is 288 g/mol. The van der Waals surface area contributed by atoms with Crippen molar-refractivity contribution in [1.82, 2.24) is 4.98 Å². The molecule has 0 aliphatic heterocycles. The van der Waals surface area contributed by atoms with Gasteiger partial charge in [-0.25, -0.2) is 4.98 Å². The standard InChI is InChI=1S/C14H19F3N2O/c1-2-10-3-4-11(7-10)19-12-5-6-13(18-8-12)20-9-14(15,16)17/h5-6,8,10-11,19H,2-4,7,9H2,1H3. The number of rotatable bonds is 5. The third kappa shape index (κ3) is 4.58. The van der Waals surface area contributed by atoms with Crippen LogP contribution in [-0.4, -0.2) is 23.8 Å². The van der Waals surface area contributed by atoms with Crippen LogP contribution in [0, 0.1) is 5.92 Å². The quantitative estimate of drug-likeness (QED) is 0.888. The van der Waals surface area contributed by atoms with Gasteiger partial charge in [-0.3, -0.25) is 0 Å². The lowest BCUT2D eigenvalue weighted by Gasteiger charge is -2.14. The highest BCUT2D eigenvalue weighted by molar-refractivity contribution is 5.43. The number of anilines is 1. The van der Waals surface area contributed by atoms with Gasteiger partial charge < -0.3 is 10.1 Å². The molecule has 20 heavy (non-hydrogen) atoms. The molecule has 1 aliphatic rings. The molecule has 1 aromatic heterocycles. The number of alkyl halides is 3. The molecule has 1 fully saturated rings. The molecule has 2 unspecified atom stereocenters. The summed E-state index contributed by atoms with van der Waals surface area (Å²) < 4.78 is 40.6. The fraction of sp³-hybridized carbons (Fsp3) is 0.643. The highest BCUT2D eigenvalue weighted by atomic mass is 19.4. The van der Waals surface area contributed by atoms with Gasteiger partial charge in [0.1, 0.15) is 0 Å². The van der Waals surface area contributed by atoms with Gasteiger partial charge in [0.15, 0.2) is 6.61 Å². The zero-order valence-corrected chi connectivity index (χ0v) is 11.4. The van der Waals surface area contributed by atoms with Crippen LogP contribution in [0.25, 0.3) is 0 Å². The first-order chi connectivity index (χ1) is 9.46. The topological polar surface area (TPSA) is 34.1 Å². The van der Waals surface area contributed by atoms with Crippen molar-refractivity contribution >= 4 is 5.69 Å². The molecule has 0 aromatic carbocycles. The predicted molar refractivity (Wildman–Crippen MR) is 70.8 cm³/mol. The van der Waals surface area contributed by atoms with Gasteiger partial charge in [0.05, 0.1) is 11.9 Å². The van der Waals surface area contributed by atoms with Crippen LogP contribution in [0.15, 0.2) is 18.3 Å². The van der Waals surface area contributed by atoms with Crippen LogP contribution in [0.1, 0.15) is 32.6 Å². The Morgan fingerprint density at radius 2 is 2.15 bits per heavy atom. The van der Waals surface area contributed by atoms with Gasteiger partial charge in [0, 0.05) is 12.1 Å². The molecular weight excluding hydrogens is 269 g/mol. The van der Waals surface area contributed by atoms with Crippen LogP contribution >= 0.6 is 0 Å². The molecule has 6 heteroatoms. The molecule has 1 saturated carbocycles. The third-order valence-corrected chi connectivity index (χ3v) is 3.61. The zero-order chi connectivity index (χ0) is 14.6. The zero-order valence-electron chi connectivity index (χ0n) is 11.4. The number of hydrogen-bond donors (Lipinski definition) is 1. The summed E-state index contributed by atoms with van der Waals surface area (Å²) in [5.41, 5.74) is 0.825. The van der Waals surface area contributed by atoms with Gasteiger partial charge in [-0.15, -0.1) is 0 Å². The normalized spacial score (nSPS) is 22.8. The van der Waals surface area contributed by atoms with Gasteiger partial charge in [-0.05, 0) is 31.2 Å². The molecule has 1 heterocycles. The van der Waals surface area contributed by atoms with Crippen LogP contribution in [0.5, 0.6) is 5.88 Å². The Balaban J connectivity index is 1.83. The molecule has 3 nitrogen and oxygen atoms in total. The lowest BCUT2D eigenvalue weighted by molar-refractivity contribution is -0.154. The SMILES string of the molecule is CCC1CCC(Nc2ccc(OCC(F)(F)F)nc2)C1. The van der Waals surface area contributed by atoms with Crippen molar-refractivity contribution in [1.29, 1.82) is 0 Å². The molecule has 2 atom stereocenters. The molecule has 1 aromatic rings. The largest absolute Gasteiger partial charge is 0.468 e. The Morgan fingerprint density at radius 1 is 1.35 bits per heavy atom. The lowest BCUT2D eigenvalue weighted by Crippen LogP contribution is -2.19. The van der Waals surface area contributed by atoms with E-state index in [2.05, 4.69) is 22.0 Å². The second-order valence-corrected chi connectivity index (χ2v) is 5.22. The second kappa shape index (κ2) is 6.33. The smallest absolute Gasteiger partial charge is 0.422 e. The van der Waals surface area contributed by atoms with Crippen molar-refractivity contribution in [2.75, 3.05) is 11.9 Å². The molecular formula is C14H19F3N2O. The maximum absolute atomic E-state index is 12.0. The van der Waals surface area contributed by atoms with E-state index in [0.717, 1.165) is 24.4 Å². The molecule has 2 rings (SSSR count). The Hall–Kier alpha value is -1.46. The summed E-state index contributed by atoms with van der Waals surface area (Å²) in [6, 6.07) is 3.60. The first-order valence-electron chi connectivity index (χ1n) is 6.88. The fourth-order valence-corrected chi connectivity index (χ4v) is 2.52. The minimum Gasteiger partial charge on any atom is -0.468 e. The van der Waals surface area contributed by atoms with Crippen molar-refractivity contribution < 1.29 is 17.9 Å². The molecule has 1 aliphatic carbocycles. The van der Waals surface area contributed by atoms with Gasteiger partial charge in [-0.2, -0.15) is 13.2 Å². The van der Waals surface area contributed by atoms with E-state index >= 15 is 0 Å². The molecule has 1 N–H and O–H groups in total. The van der Waals surface area contributed by atoms with Gasteiger partial charge in [-0.1, -0.05) is 13.3 Å². The minimum absolute atomic E-state index is 0.00858. The Bertz CT molecular complexity index is 419. The number of ether oxygens (including phenoxy) is 1. The Kier molecular flexibility index (Phi) is 4.73. The number of pyridine rings is 1. The highest BCUT2D eigenvalue weighted by Crippen LogP contribution is 2.30. The second-order valence-electron chi connectivity index (χ2n) is 5.22. The number of nitrogens with one attached hydrogen (secondary N) is 1.